The van der Waals surface area contributed by atoms with E-state index in [4.69, 9.17) is 0 Å². The summed E-state index contributed by atoms with van der Waals surface area (Å²) in [6, 6.07) is 8.10. The number of likely N-dealkylation sites (N-methyl/N-ethyl adjacent to an activating group) is 1. The van der Waals surface area contributed by atoms with Gasteiger partial charge in [0, 0.05) is 37.4 Å². The molecule has 0 aliphatic heterocycles. The van der Waals surface area contributed by atoms with Gasteiger partial charge in [-0.25, -0.2) is 0 Å². The number of anilines is 1. The molecule has 118 valence electrons. The molecule has 0 radical (unpaired) electrons. The van der Waals surface area contributed by atoms with Gasteiger partial charge in [-0.05, 0) is 44.2 Å². The number of rotatable bonds is 9. The lowest BCUT2D eigenvalue weighted by Gasteiger charge is -2.19. The second kappa shape index (κ2) is 9.40. The maximum Gasteiger partial charge on any atom is 0.251 e. The molecule has 0 bridgehead atoms. The lowest BCUT2D eigenvalue weighted by atomic mass is 10.1. The van der Waals surface area contributed by atoms with Crippen molar-refractivity contribution in [3.8, 4) is 0 Å². The minimum absolute atomic E-state index is 0.0116. The Morgan fingerprint density at radius 3 is 2.48 bits per heavy atom. The van der Waals surface area contributed by atoms with Gasteiger partial charge in [-0.1, -0.05) is 20.3 Å². The Hall–Kier alpha value is -1.55. The molecule has 1 rings (SSSR count). The van der Waals surface area contributed by atoms with Crippen molar-refractivity contribution in [1.82, 2.24) is 10.6 Å². The van der Waals surface area contributed by atoms with Crippen molar-refractivity contribution in [2.75, 3.05) is 31.6 Å². The molecule has 0 aromatic heterocycles. The lowest BCUT2D eigenvalue weighted by Crippen LogP contribution is -2.38. The molecule has 1 aromatic rings. The van der Waals surface area contributed by atoms with Crippen LogP contribution in [0.4, 0.5) is 5.69 Å². The van der Waals surface area contributed by atoms with Crippen molar-refractivity contribution >= 4 is 11.6 Å². The molecule has 0 unspecified atom stereocenters. The molecule has 1 amide bonds. The van der Waals surface area contributed by atoms with E-state index in [2.05, 4.69) is 43.4 Å². The molecule has 0 saturated heterocycles. The van der Waals surface area contributed by atoms with Crippen molar-refractivity contribution in [3.63, 3.8) is 0 Å². The number of nitrogens with one attached hydrogen (secondary N) is 2. The van der Waals surface area contributed by atoms with E-state index in [0.29, 0.717) is 18.2 Å². The molecule has 4 heteroatoms. The summed E-state index contributed by atoms with van der Waals surface area (Å²) in [5.74, 6) is -0.0116. The van der Waals surface area contributed by atoms with Gasteiger partial charge < -0.3 is 15.5 Å². The molecule has 0 aliphatic rings. The van der Waals surface area contributed by atoms with Crippen molar-refractivity contribution in [1.29, 1.82) is 0 Å². The summed E-state index contributed by atoms with van der Waals surface area (Å²) < 4.78 is 0. The second-order valence-corrected chi connectivity index (χ2v) is 5.49. The van der Waals surface area contributed by atoms with Crippen LogP contribution in [0.3, 0.4) is 0 Å². The highest BCUT2D eigenvalue weighted by Gasteiger charge is 2.08. The zero-order chi connectivity index (χ0) is 15.7. The standard InChI is InChI=1S/C17H29N3O/c1-5-7-12-20(4)16-10-8-15(9-11-16)17(21)19-13-14(3)18-6-2/h8-11,14,18H,5-7,12-13H2,1-4H3,(H,19,21)/t14-/m1/s1. The normalized spacial score (nSPS) is 12.0. The number of amides is 1. The van der Waals surface area contributed by atoms with Crippen LogP contribution in [0.1, 0.15) is 44.0 Å². The fraction of sp³-hybridized carbons (Fsp3) is 0.588. The molecule has 1 aromatic carbocycles. The summed E-state index contributed by atoms with van der Waals surface area (Å²) >= 11 is 0. The van der Waals surface area contributed by atoms with Gasteiger partial charge in [0.25, 0.3) is 5.91 Å². The fourth-order valence-corrected chi connectivity index (χ4v) is 2.16. The van der Waals surface area contributed by atoms with E-state index < -0.39 is 0 Å². The summed E-state index contributed by atoms with van der Waals surface area (Å²) in [6.45, 7) is 8.92. The van der Waals surface area contributed by atoms with Crippen LogP contribution < -0.4 is 15.5 Å². The van der Waals surface area contributed by atoms with E-state index in [1.807, 2.05) is 24.3 Å². The smallest absolute Gasteiger partial charge is 0.251 e. The third-order valence-corrected chi connectivity index (χ3v) is 3.54. The van der Waals surface area contributed by atoms with Crippen LogP contribution in [-0.2, 0) is 0 Å². The van der Waals surface area contributed by atoms with E-state index in [9.17, 15) is 4.79 Å². The Labute approximate surface area is 128 Å². The first-order valence-electron chi connectivity index (χ1n) is 7.91. The minimum Gasteiger partial charge on any atom is -0.375 e. The Balaban J connectivity index is 2.51. The maximum absolute atomic E-state index is 12.1. The minimum atomic E-state index is -0.0116. The predicted octanol–water partition coefficient (Wildman–Crippen LogP) is 2.65. The number of unbranched alkanes of at least 4 members (excludes halogenated alkanes) is 1. The van der Waals surface area contributed by atoms with Crippen molar-refractivity contribution in [3.05, 3.63) is 29.8 Å². The number of carbonyl (C=O) groups is 1. The van der Waals surface area contributed by atoms with Crippen LogP contribution in [-0.4, -0.2) is 38.6 Å². The van der Waals surface area contributed by atoms with Gasteiger partial charge in [-0.3, -0.25) is 4.79 Å². The Morgan fingerprint density at radius 1 is 1.24 bits per heavy atom. The van der Waals surface area contributed by atoms with Gasteiger partial charge in [0.2, 0.25) is 0 Å². The maximum atomic E-state index is 12.1. The highest BCUT2D eigenvalue weighted by molar-refractivity contribution is 5.94. The van der Waals surface area contributed by atoms with Gasteiger partial charge in [-0.2, -0.15) is 0 Å². The summed E-state index contributed by atoms with van der Waals surface area (Å²) in [7, 11) is 2.09. The number of benzene rings is 1. The van der Waals surface area contributed by atoms with Gasteiger partial charge in [0.15, 0.2) is 0 Å². The molecule has 0 aliphatic carbocycles. The Bertz CT molecular complexity index is 417. The molecule has 21 heavy (non-hydrogen) atoms. The third kappa shape index (κ3) is 6.17. The van der Waals surface area contributed by atoms with Crippen LogP contribution in [0.25, 0.3) is 0 Å². The first-order chi connectivity index (χ1) is 10.1. The quantitative estimate of drug-likeness (QED) is 0.735. The number of hydrogen-bond donors (Lipinski definition) is 2. The van der Waals surface area contributed by atoms with Crippen LogP contribution in [0.2, 0.25) is 0 Å². The lowest BCUT2D eigenvalue weighted by molar-refractivity contribution is 0.0950. The second-order valence-electron chi connectivity index (χ2n) is 5.49. The van der Waals surface area contributed by atoms with Gasteiger partial charge >= 0.3 is 0 Å². The van der Waals surface area contributed by atoms with Crippen molar-refractivity contribution < 1.29 is 4.79 Å². The van der Waals surface area contributed by atoms with Gasteiger partial charge in [-0.15, -0.1) is 0 Å². The summed E-state index contributed by atoms with van der Waals surface area (Å²) in [5.41, 5.74) is 1.87. The summed E-state index contributed by atoms with van der Waals surface area (Å²) in [5, 5.41) is 6.23. The molecular weight excluding hydrogens is 262 g/mol. The summed E-state index contributed by atoms with van der Waals surface area (Å²) in [6.07, 6.45) is 2.37. The SMILES string of the molecule is CCCCN(C)c1ccc(C(=O)NC[C@@H](C)NCC)cc1. The van der Waals surface area contributed by atoms with Crippen molar-refractivity contribution in [2.24, 2.45) is 0 Å². The highest BCUT2D eigenvalue weighted by atomic mass is 16.1. The Kier molecular flexibility index (Phi) is 7.83. The van der Waals surface area contributed by atoms with Crippen molar-refractivity contribution in [2.45, 2.75) is 39.7 Å². The molecule has 0 fully saturated rings. The van der Waals surface area contributed by atoms with Crippen LogP contribution in [0.5, 0.6) is 0 Å². The molecule has 0 saturated carbocycles. The third-order valence-electron chi connectivity index (χ3n) is 3.54. The van der Waals surface area contributed by atoms with Crippen LogP contribution in [0, 0.1) is 0 Å². The highest BCUT2D eigenvalue weighted by Crippen LogP contribution is 2.14. The molecule has 0 heterocycles. The first-order valence-corrected chi connectivity index (χ1v) is 7.91. The number of carbonyl (C=O) groups excluding carboxylic acids is 1. The first kappa shape index (κ1) is 17.5. The van der Waals surface area contributed by atoms with Crippen LogP contribution in [0.15, 0.2) is 24.3 Å². The molecule has 4 nitrogen and oxygen atoms in total. The zero-order valence-electron chi connectivity index (χ0n) is 13.8. The molecular formula is C17H29N3O. The number of hydrogen-bond acceptors (Lipinski definition) is 3. The molecule has 0 spiro atoms. The van der Waals surface area contributed by atoms with Gasteiger partial charge in [0.1, 0.15) is 0 Å². The number of nitrogens with zero attached hydrogens (tertiary/aromatic N) is 1. The summed E-state index contributed by atoms with van der Waals surface area (Å²) in [4.78, 5) is 14.3. The van der Waals surface area contributed by atoms with E-state index in [1.165, 1.54) is 12.8 Å². The molecule has 1 atom stereocenters. The Morgan fingerprint density at radius 2 is 1.90 bits per heavy atom. The molecule has 2 N–H and O–H groups in total. The van der Waals surface area contributed by atoms with E-state index in [-0.39, 0.29) is 5.91 Å². The fourth-order valence-electron chi connectivity index (χ4n) is 2.16. The largest absolute Gasteiger partial charge is 0.375 e. The van der Waals surface area contributed by atoms with E-state index in [0.717, 1.165) is 18.8 Å². The monoisotopic (exact) mass is 291 g/mol. The topological polar surface area (TPSA) is 44.4 Å². The van der Waals surface area contributed by atoms with E-state index >= 15 is 0 Å². The predicted molar refractivity (Wildman–Crippen MR) is 90.1 cm³/mol. The van der Waals surface area contributed by atoms with E-state index in [1.54, 1.807) is 0 Å². The zero-order valence-corrected chi connectivity index (χ0v) is 13.8. The van der Waals surface area contributed by atoms with Gasteiger partial charge in [0.05, 0.1) is 0 Å². The average Bonchev–Trinajstić information content (AvgIpc) is 2.50. The van der Waals surface area contributed by atoms with Crippen LogP contribution >= 0.6 is 0 Å². The average molecular weight is 291 g/mol.